The Morgan fingerprint density at radius 3 is 2.50 bits per heavy atom. The zero-order valence-electron chi connectivity index (χ0n) is 15.8. The van der Waals surface area contributed by atoms with Crippen molar-refractivity contribution < 1.29 is 9.59 Å². The average Bonchev–Trinajstić information content (AvgIpc) is 3.40. The normalized spacial score (nSPS) is 17.8. The van der Waals surface area contributed by atoms with Crippen LogP contribution in [0.15, 0.2) is 48.5 Å². The molecule has 1 aromatic carbocycles. The number of carbonyl (C=O) groups excluding carboxylic acids is 2. The molecule has 146 valence electrons. The minimum atomic E-state index is 0.0387. The van der Waals surface area contributed by atoms with Gasteiger partial charge in [-0.15, -0.1) is 11.3 Å². The molecule has 1 aliphatic heterocycles. The number of nitrogens with zero attached hydrogens (tertiary/aromatic N) is 2. The molecule has 1 aliphatic carbocycles. The van der Waals surface area contributed by atoms with Crippen LogP contribution in [0.25, 0.3) is 16.5 Å². The predicted octanol–water partition coefficient (Wildman–Crippen LogP) is 2.85. The summed E-state index contributed by atoms with van der Waals surface area (Å²) >= 11 is 1.68. The first-order chi connectivity index (χ1) is 13.7. The molecule has 28 heavy (non-hydrogen) atoms. The van der Waals surface area contributed by atoms with Gasteiger partial charge in [-0.2, -0.15) is 0 Å². The molecule has 0 bridgehead atoms. The molecule has 1 N–H and O–H groups in total. The highest BCUT2D eigenvalue weighted by Gasteiger charge is 2.25. The lowest BCUT2D eigenvalue weighted by atomic mass is 10.2. The first-order valence-electron chi connectivity index (χ1n) is 9.81. The lowest BCUT2D eigenvalue weighted by Crippen LogP contribution is -2.50. The number of carbonyl (C=O) groups is 2. The molecule has 2 aromatic rings. The highest BCUT2D eigenvalue weighted by atomic mass is 32.1. The number of rotatable bonds is 6. The van der Waals surface area contributed by atoms with Gasteiger partial charge in [0.2, 0.25) is 11.8 Å². The van der Waals surface area contributed by atoms with Gasteiger partial charge in [-0.05, 0) is 36.6 Å². The van der Waals surface area contributed by atoms with E-state index in [9.17, 15) is 9.59 Å². The Balaban J connectivity index is 1.25. The van der Waals surface area contributed by atoms with Crippen molar-refractivity contribution in [1.29, 1.82) is 0 Å². The smallest absolute Gasteiger partial charge is 0.246 e. The molecule has 2 heterocycles. The van der Waals surface area contributed by atoms with Crippen molar-refractivity contribution >= 4 is 29.2 Å². The summed E-state index contributed by atoms with van der Waals surface area (Å²) in [5, 5.41) is 3.02. The number of thiophene rings is 1. The third kappa shape index (κ3) is 5.09. The van der Waals surface area contributed by atoms with Gasteiger partial charge in [0.15, 0.2) is 0 Å². The summed E-state index contributed by atoms with van der Waals surface area (Å²) in [6, 6.07) is 14.8. The lowest BCUT2D eigenvalue weighted by Gasteiger charge is -2.33. The van der Waals surface area contributed by atoms with Crippen LogP contribution in [-0.4, -0.2) is 60.4 Å². The van der Waals surface area contributed by atoms with E-state index in [1.807, 2.05) is 35.2 Å². The fourth-order valence-electron chi connectivity index (χ4n) is 3.29. The SMILES string of the molecule is O=C(CN1CCN(C(=O)/C=C/c2ccc(-c3ccccc3)s2)CC1)NC1CC1. The molecule has 0 spiro atoms. The summed E-state index contributed by atoms with van der Waals surface area (Å²) in [5.74, 6) is 0.144. The number of amides is 2. The van der Waals surface area contributed by atoms with E-state index in [2.05, 4.69) is 28.4 Å². The van der Waals surface area contributed by atoms with Crippen LogP contribution in [0.5, 0.6) is 0 Å². The number of hydrogen-bond acceptors (Lipinski definition) is 4. The van der Waals surface area contributed by atoms with Crippen molar-refractivity contribution in [3.8, 4) is 10.4 Å². The number of nitrogens with one attached hydrogen (secondary N) is 1. The third-order valence-electron chi connectivity index (χ3n) is 5.07. The molecule has 0 unspecified atom stereocenters. The van der Waals surface area contributed by atoms with E-state index < -0.39 is 0 Å². The fourth-order valence-corrected chi connectivity index (χ4v) is 4.21. The van der Waals surface area contributed by atoms with Crippen LogP contribution in [0.4, 0.5) is 0 Å². The maximum Gasteiger partial charge on any atom is 0.246 e. The highest BCUT2D eigenvalue weighted by Crippen LogP contribution is 2.28. The van der Waals surface area contributed by atoms with Gasteiger partial charge in [-0.1, -0.05) is 30.3 Å². The quantitative estimate of drug-likeness (QED) is 0.766. The van der Waals surface area contributed by atoms with Crippen molar-refractivity contribution in [1.82, 2.24) is 15.1 Å². The molecule has 1 aromatic heterocycles. The molecule has 1 saturated carbocycles. The molecular weight excluding hydrogens is 370 g/mol. The van der Waals surface area contributed by atoms with Crippen LogP contribution in [0.1, 0.15) is 17.7 Å². The third-order valence-corrected chi connectivity index (χ3v) is 6.17. The van der Waals surface area contributed by atoms with Gasteiger partial charge in [0.05, 0.1) is 6.54 Å². The van der Waals surface area contributed by atoms with Gasteiger partial charge >= 0.3 is 0 Å². The van der Waals surface area contributed by atoms with E-state index in [1.165, 1.54) is 10.4 Å². The van der Waals surface area contributed by atoms with Crippen molar-refractivity contribution in [2.75, 3.05) is 32.7 Å². The van der Waals surface area contributed by atoms with Crippen molar-refractivity contribution in [3.63, 3.8) is 0 Å². The average molecular weight is 396 g/mol. The highest BCUT2D eigenvalue weighted by molar-refractivity contribution is 7.16. The second-order valence-corrected chi connectivity index (χ2v) is 8.46. The predicted molar refractivity (Wildman–Crippen MR) is 113 cm³/mol. The lowest BCUT2D eigenvalue weighted by molar-refractivity contribution is -0.128. The van der Waals surface area contributed by atoms with Crippen molar-refractivity contribution in [3.05, 3.63) is 53.4 Å². The second-order valence-electron chi connectivity index (χ2n) is 7.34. The van der Waals surface area contributed by atoms with E-state index in [4.69, 9.17) is 0 Å². The maximum absolute atomic E-state index is 12.5. The number of benzene rings is 1. The molecule has 2 fully saturated rings. The molecule has 1 saturated heterocycles. The van der Waals surface area contributed by atoms with Crippen LogP contribution < -0.4 is 5.32 Å². The molecular formula is C22H25N3O2S. The summed E-state index contributed by atoms with van der Waals surface area (Å²) in [6.07, 6.45) is 5.78. The monoisotopic (exact) mass is 395 g/mol. The molecule has 2 amide bonds. The summed E-state index contributed by atoms with van der Waals surface area (Å²) < 4.78 is 0. The van der Waals surface area contributed by atoms with Gasteiger partial charge < -0.3 is 10.2 Å². The largest absolute Gasteiger partial charge is 0.352 e. The summed E-state index contributed by atoms with van der Waals surface area (Å²) in [6.45, 7) is 3.26. The summed E-state index contributed by atoms with van der Waals surface area (Å²) in [4.78, 5) is 30.6. The Hall–Kier alpha value is -2.44. The minimum absolute atomic E-state index is 0.0387. The van der Waals surface area contributed by atoms with Crippen LogP contribution in [0.2, 0.25) is 0 Å². The first kappa shape index (κ1) is 18.9. The Kier molecular flexibility index (Phi) is 5.88. The maximum atomic E-state index is 12.5. The Morgan fingerprint density at radius 2 is 1.79 bits per heavy atom. The topological polar surface area (TPSA) is 52.7 Å². The van der Waals surface area contributed by atoms with E-state index >= 15 is 0 Å². The van der Waals surface area contributed by atoms with Crippen LogP contribution >= 0.6 is 11.3 Å². The van der Waals surface area contributed by atoms with Gasteiger partial charge in [-0.3, -0.25) is 14.5 Å². The van der Waals surface area contributed by atoms with Gasteiger partial charge in [0.1, 0.15) is 0 Å². The zero-order valence-corrected chi connectivity index (χ0v) is 16.7. The molecule has 0 atom stereocenters. The molecule has 5 nitrogen and oxygen atoms in total. The second kappa shape index (κ2) is 8.71. The van der Waals surface area contributed by atoms with Gasteiger partial charge in [-0.25, -0.2) is 0 Å². The molecule has 0 radical (unpaired) electrons. The van der Waals surface area contributed by atoms with Crippen molar-refractivity contribution in [2.24, 2.45) is 0 Å². The van der Waals surface area contributed by atoms with Crippen LogP contribution in [0, 0.1) is 0 Å². The summed E-state index contributed by atoms with van der Waals surface area (Å²) in [5.41, 5.74) is 1.19. The fraction of sp³-hybridized carbons (Fsp3) is 0.364. The Bertz CT molecular complexity index is 850. The van der Waals surface area contributed by atoms with Crippen LogP contribution in [0.3, 0.4) is 0 Å². The Labute approximate surface area is 169 Å². The standard InChI is InChI=1S/C22H25N3O2S/c26-21(23-18-6-7-18)16-24-12-14-25(15-13-24)22(27)11-9-19-8-10-20(28-19)17-4-2-1-3-5-17/h1-5,8-11,18H,6-7,12-16H2,(H,23,26)/b11-9+. The van der Waals surface area contributed by atoms with E-state index in [-0.39, 0.29) is 11.8 Å². The number of piperazine rings is 1. The first-order valence-corrected chi connectivity index (χ1v) is 10.6. The van der Waals surface area contributed by atoms with Crippen molar-refractivity contribution in [2.45, 2.75) is 18.9 Å². The number of hydrogen-bond donors (Lipinski definition) is 1. The zero-order chi connectivity index (χ0) is 19.3. The molecule has 6 heteroatoms. The van der Waals surface area contributed by atoms with E-state index in [0.29, 0.717) is 25.7 Å². The molecule has 4 rings (SSSR count). The molecule has 2 aliphatic rings. The van der Waals surface area contributed by atoms with Gasteiger partial charge in [0.25, 0.3) is 0 Å². The van der Waals surface area contributed by atoms with E-state index in [1.54, 1.807) is 17.4 Å². The van der Waals surface area contributed by atoms with E-state index in [0.717, 1.165) is 30.8 Å². The summed E-state index contributed by atoms with van der Waals surface area (Å²) in [7, 11) is 0. The van der Waals surface area contributed by atoms with Crippen LogP contribution in [-0.2, 0) is 9.59 Å². The van der Waals surface area contributed by atoms with Gasteiger partial charge in [0, 0.05) is 48.1 Å². The Morgan fingerprint density at radius 1 is 1.04 bits per heavy atom. The minimum Gasteiger partial charge on any atom is -0.352 e.